The molecule has 0 aliphatic carbocycles. The summed E-state index contributed by atoms with van der Waals surface area (Å²) in [5.74, 6) is 0.209. The van der Waals surface area contributed by atoms with Crippen molar-refractivity contribution in [2.45, 2.75) is 84.8 Å². The van der Waals surface area contributed by atoms with Crippen LogP contribution >= 0.6 is 0 Å². The number of amides is 1. The molecule has 2 unspecified atom stereocenters. The van der Waals surface area contributed by atoms with Crippen molar-refractivity contribution in [2.24, 2.45) is 0 Å². The molecule has 1 aliphatic rings. The van der Waals surface area contributed by atoms with Gasteiger partial charge in [-0.2, -0.15) is 5.10 Å². The number of aryl methyl sites for hydroxylation is 1. The van der Waals surface area contributed by atoms with E-state index in [0.29, 0.717) is 5.56 Å². The Labute approximate surface area is 162 Å². The Morgan fingerprint density at radius 3 is 2.67 bits per heavy atom. The maximum absolute atomic E-state index is 13.3. The number of carbonyl (C=O) groups is 1. The van der Waals surface area contributed by atoms with Gasteiger partial charge in [0.05, 0.1) is 22.2 Å². The zero-order valence-electron chi connectivity index (χ0n) is 17.7. The molecule has 2 N–H and O–H groups in total. The van der Waals surface area contributed by atoms with Crippen LogP contribution in [0.3, 0.4) is 0 Å². The maximum Gasteiger partial charge on any atom is 0.252 e. The summed E-state index contributed by atoms with van der Waals surface area (Å²) in [6.45, 7) is 15.6. The number of piperidine rings is 1. The van der Waals surface area contributed by atoms with Gasteiger partial charge in [-0.05, 0) is 66.0 Å². The molecule has 6 nitrogen and oxygen atoms in total. The molecule has 1 aliphatic heterocycles. The van der Waals surface area contributed by atoms with Crippen LogP contribution in [0.4, 0.5) is 0 Å². The van der Waals surface area contributed by atoms with Crippen molar-refractivity contribution in [2.75, 3.05) is 6.54 Å². The number of hydrogen-bond acceptors (Lipinski definition) is 4. The topological polar surface area (TPSA) is 71.8 Å². The average molecular weight is 372 g/mol. The Hall–Kier alpha value is -1.95. The number of rotatable bonds is 3. The fraction of sp³-hybridized carbons (Fsp3) is 0.667. The van der Waals surface area contributed by atoms with Crippen molar-refractivity contribution in [1.82, 2.24) is 25.4 Å². The fourth-order valence-electron chi connectivity index (χ4n) is 3.74. The van der Waals surface area contributed by atoms with E-state index in [1.807, 2.05) is 17.7 Å². The number of aromatic nitrogens is 3. The van der Waals surface area contributed by atoms with Crippen LogP contribution < -0.4 is 10.6 Å². The first-order chi connectivity index (χ1) is 12.6. The van der Waals surface area contributed by atoms with E-state index in [1.54, 1.807) is 0 Å². The van der Waals surface area contributed by atoms with Crippen molar-refractivity contribution >= 4 is 16.9 Å². The average Bonchev–Trinajstić information content (AvgIpc) is 2.93. The van der Waals surface area contributed by atoms with Crippen molar-refractivity contribution < 1.29 is 4.79 Å². The highest BCUT2D eigenvalue weighted by molar-refractivity contribution is 6.06. The second-order valence-electron chi connectivity index (χ2n) is 9.08. The highest BCUT2D eigenvalue weighted by Gasteiger charge is 2.28. The molecule has 0 aromatic carbocycles. The van der Waals surface area contributed by atoms with Gasteiger partial charge < -0.3 is 10.6 Å². The van der Waals surface area contributed by atoms with Crippen LogP contribution in [0.2, 0.25) is 0 Å². The quantitative estimate of drug-likeness (QED) is 0.866. The van der Waals surface area contributed by atoms with Gasteiger partial charge in [0.25, 0.3) is 5.91 Å². The second kappa shape index (κ2) is 7.23. The number of fused-ring (bicyclic) bond motifs is 1. The summed E-state index contributed by atoms with van der Waals surface area (Å²) in [5.41, 5.74) is 3.06. The van der Waals surface area contributed by atoms with E-state index in [4.69, 9.17) is 10.1 Å². The van der Waals surface area contributed by atoms with Gasteiger partial charge in [0.15, 0.2) is 5.65 Å². The molecule has 3 heterocycles. The third kappa shape index (κ3) is 3.86. The van der Waals surface area contributed by atoms with E-state index in [2.05, 4.69) is 52.2 Å². The lowest BCUT2D eigenvalue weighted by molar-refractivity contribution is 0.0921. The third-order valence-electron chi connectivity index (χ3n) is 5.38. The Morgan fingerprint density at radius 2 is 2.07 bits per heavy atom. The van der Waals surface area contributed by atoms with Crippen molar-refractivity contribution in [1.29, 1.82) is 0 Å². The van der Waals surface area contributed by atoms with Gasteiger partial charge in [-0.1, -0.05) is 13.8 Å². The highest BCUT2D eigenvalue weighted by atomic mass is 16.1. The molecule has 0 radical (unpaired) electrons. The normalized spacial score (nSPS) is 21.0. The number of nitrogens with zero attached hydrogens (tertiary/aromatic N) is 3. The molecule has 0 bridgehead atoms. The van der Waals surface area contributed by atoms with Crippen molar-refractivity contribution in [3.05, 3.63) is 23.0 Å². The molecule has 27 heavy (non-hydrogen) atoms. The number of hydrogen-bond donors (Lipinski definition) is 2. The molecule has 0 saturated carbocycles. The number of nitrogens with one attached hydrogen (secondary N) is 2. The fourth-order valence-corrected chi connectivity index (χ4v) is 3.74. The summed E-state index contributed by atoms with van der Waals surface area (Å²) in [7, 11) is 0. The highest BCUT2D eigenvalue weighted by Crippen LogP contribution is 2.29. The van der Waals surface area contributed by atoms with Crippen LogP contribution in [0.1, 0.15) is 82.0 Å². The predicted octanol–water partition coefficient (Wildman–Crippen LogP) is 3.49. The standard InChI is InChI=1S/C21H33N5O/c1-12(2)17-11-15(20(27)24-16-9-8-10-22-13(16)3)18-14(4)25-26(19(18)23-17)21(5,6)7/h11-13,16,22H,8-10H2,1-7H3,(H,24,27). The van der Waals surface area contributed by atoms with Crippen LogP contribution in [0.15, 0.2) is 6.07 Å². The van der Waals surface area contributed by atoms with Crippen LogP contribution in [-0.4, -0.2) is 39.3 Å². The van der Waals surface area contributed by atoms with E-state index in [-0.39, 0.29) is 29.4 Å². The summed E-state index contributed by atoms with van der Waals surface area (Å²) in [5, 5.41) is 12.3. The van der Waals surface area contributed by atoms with Crippen molar-refractivity contribution in [3.63, 3.8) is 0 Å². The summed E-state index contributed by atoms with van der Waals surface area (Å²) >= 11 is 0. The lowest BCUT2D eigenvalue weighted by Gasteiger charge is -2.30. The minimum atomic E-state index is -0.204. The first-order valence-corrected chi connectivity index (χ1v) is 10.0. The Balaban J connectivity index is 2.10. The van der Waals surface area contributed by atoms with Gasteiger partial charge in [0.2, 0.25) is 0 Å². The van der Waals surface area contributed by atoms with Crippen LogP contribution in [0.5, 0.6) is 0 Å². The van der Waals surface area contributed by atoms with E-state index in [1.165, 1.54) is 0 Å². The molecular weight excluding hydrogens is 338 g/mol. The van der Waals surface area contributed by atoms with Gasteiger partial charge in [-0.3, -0.25) is 4.79 Å². The molecule has 6 heteroatoms. The Morgan fingerprint density at radius 1 is 1.37 bits per heavy atom. The smallest absolute Gasteiger partial charge is 0.252 e. The SMILES string of the molecule is Cc1nn(C(C)(C)C)c2nc(C(C)C)cc(C(=O)NC3CCCNC3C)c12. The van der Waals surface area contributed by atoms with E-state index < -0.39 is 0 Å². The van der Waals surface area contributed by atoms with Gasteiger partial charge in [0.1, 0.15) is 0 Å². The summed E-state index contributed by atoms with van der Waals surface area (Å²) in [6, 6.07) is 2.38. The van der Waals surface area contributed by atoms with Gasteiger partial charge in [-0.15, -0.1) is 0 Å². The summed E-state index contributed by atoms with van der Waals surface area (Å²) in [6.07, 6.45) is 2.09. The number of pyridine rings is 1. The van der Waals surface area contributed by atoms with Crippen LogP contribution in [0.25, 0.3) is 11.0 Å². The molecule has 148 valence electrons. The first-order valence-electron chi connectivity index (χ1n) is 10.0. The lowest BCUT2D eigenvalue weighted by atomic mass is 9.98. The summed E-state index contributed by atoms with van der Waals surface area (Å²) < 4.78 is 1.95. The summed E-state index contributed by atoms with van der Waals surface area (Å²) in [4.78, 5) is 18.1. The molecule has 2 aromatic rings. The van der Waals surface area contributed by atoms with Gasteiger partial charge in [0, 0.05) is 17.8 Å². The predicted molar refractivity (Wildman–Crippen MR) is 109 cm³/mol. The zero-order chi connectivity index (χ0) is 19.9. The van der Waals surface area contributed by atoms with Crippen molar-refractivity contribution in [3.8, 4) is 0 Å². The Kier molecular flexibility index (Phi) is 5.30. The molecule has 2 aromatic heterocycles. The molecule has 1 fully saturated rings. The molecule has 1 saturated heterocycles. The largest absolute Gasteiger partial charge is 0.348 e. The van der Waals surface area contributed by atoms with E-state index in [0.717, 1.165) is 41.8 Å². The molecule has 3 rings (SSSR count). The van der Waals surface area contributed by atoms with E-state index in [9.17, 15) is 4.79 Å². The molecule has 0 spiro atoms. The number of carbonyl (C=O) groups excluding carboxylic acids is 1. The van der Waals surface area contributed by atoms with Crippen LogP contribution in [0, 0.1) is 6.92 Å². The second-order valence-corrected chi connectivity index (χ2v) is 9.08. The minimum Gasteiger partial charge on any atom is -0.348 e. The maximum atomic E-state index is 13.3. The Bertz CT molecular complexity index is 846. The zero-order valence-corrected chi connectivity index (χ0v) is 17.7. The molecule has 2 atom stereocenters. The molecular formula is C21H33N5O. The van der Waals surface area contributed by atoms with Gasteiger partial charge >= 0.3 is 0 Å². The first kappa shape index (κ1) is 19.8. The third-order valence-corrected chi connectivity index (χ3v) is 5.38. The minimum absolute atomic E-state index is 0.0265. The lowest BCUT2D eigenvalue weighted by Crippen LogP contribution is -2.51. The molecule has 1 amide bonds. The van der Waals surface area contributed by atoms with E-state index >= 15 is 0 Å². The monoisotopic (exact) mass is 371 g/mol. The van der Waals surface area contributed by atoms with Crippen LogP contribution in [-0.2, 0) is 5.54 Å². The van der Waals surface area contributed by atoms with Gasteiger partial charge in [-0.25, -0.2) is 9.67 Å².